The second kappa shape index (κ2) is 3.37. The van der Waals surface area contributed by atoms with Gasteiger partial charge in [-0.2, -0.15) is 5.10 Å². The molecule has 0 radical (unpaired) electrons. The standard InChI is InChI=1S/C5H7BrN2.BrH/c1-4-3-5(6)7-8(4)2;/h3H,1-2H3;1H. The zero-order valence-electron chi connectivity index (χ0n) is 5.26. The Morgan fingerprint density at radius 2 is 2.22 bits per heavy atom. The first-order valence-electron chi connectivity index (χ1n) is 2.36. The smallest absolute Gasteiger partial charge is 0.128 e. The van der Waals surface area contributed by atoms with Crippen LogP contribution in [0.4, 0.5) is 0 Å². The van der Waals surface area contributed by atoms with Crippen LogP contribution in [0.5, 0.6) is 0 Å². The normalized spacial score (nSPS) is 8.78. The van der Waals surface area contributed by atoms with Crippen LogP contribution in [-0.2, 0) is 7.05 Å². The van der Waals surface area contributed by atoms with Gasteiger partial charge in [0.1, 0.15) is 4.60 Å². The summed E-state index contributed by atoms with van der Waals surface area (Å²) in [5, 5.41) is 4.04. The number of nitrogens with zero attached hydrogens (tertiary/aromatic N) is 2. The summed E-state index contributed by atoms with van der Waals surface area (Å²) in [6, 6.07) is 1.97. The van der Waals surface area contributed by atoms with E-state index in [9.17, 15) is 0 Å². The lowest BCUT2D eigenvalue weighted by Crippen LogP contribution is -1.91. The third-order valence-electron chi connectivity index (χ3n) is 1.08. The Balaban J connectivity index is 0.000000640. The van der Waals surface area contributed by atoms with E-state index in [1.807, 2.05) is 24.7 Å². The average Bonchev–Trinajstić information content (AvgIpc) is 1.85. The van der Waals surface area contributed by atoms with Gasteiger partial charge >= 0.3 is 0 Å². The molecule has 9 heavy (non-hydrogen) atoms. The molecule has 1 aromatic rings. The summed E-state index contributed by atoms with van der Waals surface area (Å²) in [7, 11) is 1.92. The Labute approximate surface area is 73.1 Å². The first kappa shape index (κ1) is 9.17. The van der Waals surface area contributed by atoms with Crippen molar-refractivity contribution in [2.24, 2.45) is 7.05 Å². The van der Waals surface area contributed by atoms with Crippen LogP contribution >= 0.6 is 32.9 Å². The van der Waals surface area contributed by atoms with Gasteiger partial charge < -0.3 is 0 Å². The molecular weight excluding hydrogens is 248 g/mol. The maximum absolute atomic E-state index is 4.04. The summed E-state index contributed by atoms with van der Waals surface area (Å²) in [4.78, 5) is 0. The zero-order chi connectivity index (χ0) is 6.15. The van der Waals surface area contributed by atoms with Crippen molar-refractivity contribution >= 4 is 32.9 Å². The highest BCUT2D eigenvalue weighted by Crippen LogP contribution is 2.06. The van der Waals surface area contributed by atoms with E-state index in [0.29, 0.717) is 0 Å². The number of halogens is 2. The van der Waals surface area contributed by atoms with Crippen LogP contribution in [-0.4, -0.2) is 9.78 Å². The van der Waals surface area contributed by atoms with Crippen LogP contribution in [0, 0.1) is 6.92 Å². The fraction of sp³-hybridized carbons (Fsp3) is 0.400. The number of hydrogen-bond donors (Lipinski definition) is 0. The molecule has 0 N–H and O–H groups in total. The number of aryl methyl sites for hydroxylation is 2. The fourth-order valence-corrected chi connectivity index (χ4v) is 1.09. The van der Waals surface area contributed by atoms with Crippen LogP contribution in [0.2, 0.25) is 0 Å². The van der Waals surface area contributed by atoms with E-state index in [-0.39, 0.29) is 17.0 Å². The summed E-state index contributed by atoms with van der Waals surface area (Å²) in [6.45, 7) is 2.01. The van der Waals surface area contributed by atoms with Crippen molar-refractivity contribution in [3.05, 3.63) is 16.4 Å². The van der Waals surface area contributed by atoms with E-state index in [2.05, 4.69) is 21.0 Å². The molecule has 1 rings (SSSR count). The van der Waals surface area contributed by atoms with Gasteiger partial charge in [0.2, 0.25) is 0 Å². The first-order valence-corrected chi connectivity index (χ1v) is 3.15. The van der Waals surface area contributed by atoms with Crippen molar-refractivity contribution in [1.29, 1.82) is 0 Å². The molecule has 0 atom stereocenters. The molecule has 0 saturated carbocycles. The van der Waals surface area contributed by atoms with Crippen molar-refractivity contribution in [1.82, 2.24) is 9.78 Å². The van der Waals surface area contributed by atoms with Crippen molar-refractivity contribution in [2.75, 3.05) is 0 Å². The van der Waals surface area contributed by atoms with E-state index in [4.69, 9.17) is 0 Å². The number of hydrogen-bond acceptors (Lipinski definition) is 1. The van der Waals surface area contributed by atoms with Gasteiger partial charge in [-0.05, 0) is 28.9 Å². The summed E-state index contributed by atoms with van der Waals surface area (Å²) >= 11 is 3.25. The molecule has 2 nitrogen and oxygen atoms in total. The molecule has 1 aromatic heterocycles. The molecule has 0 aliphatic rings. The molecule has 0 fully saturated rings. The highest BCUT2D eigenvalue weighted by Gasteiger charge is 1.93. The van der Waals surface area contributed by atoms with E-state index in [1.165, 1.54) is 0 Å². The van der Waals surface area contributed by atoms with Crippen molar-refractivity contribution in [2.45, 2.75) is 6.92 Å². The van der Waals surface area contributed by atoms with Gasteiger partial charge in [-0.3, -0.25) is 4.68 Å². The molecule has 0 saturated heterocycles. The average molecular weight is 256 g/mol. The first-order chi connectivity index (χ1) is 3.70. The highest BCUT2D eigenvalue weighted by molar-refractivity contribution is 9.10. The second-order valence-electron chi connectivity index (χ2n) is 1.73. The van der Waals surface area contributed by atoms with Gasteiger partial charge in [0, 0.05) is 12.7 Å². The van der Waals surface area contributed by atoms with Gasteiger partial charge in [-0.25, -0.2) is 0 Å². The molecule has 1 heterocycles. The van der Waals surface area contributed by atoms with E-state index >= 15 is 0 Å². The molecule has 0 amide bonds. The molecule has 52 valence electrons. The summed E-state index contributed by atoms with van der Waals surface area (Å²) < 4.78 is 2.72. The van der Waals surface area contributed by atoms with Crippen LogP contribution in [0.1, 0.15) is 5.69 Å². The zero-order valence-corrected chi connectivity index (χ0v) is 8.56. The lowest BCUT2D eigenvalue weighted by molar-refractivity contribution is 0.734. The quantitative estimate of drug-likeness (QED) is 0.694. The summed E-state index contributed by atoms with van der Waals surface area (Å²) in [6.07, 6.45) is 0. The minimum absolute atomic E-state index is 0. The molecule has 0 bridgehead atoms. The summed E-state index contributed by atoms with van der Waals surface area (Å²) in [5.41, 5.74) is 1.16. The maximum atomic E-state index is 4.04. The molecule has 0 aromatic carbocycles. The van der Waals surface area contributed by atoms with Crippen LogP contribution < -0.4 is 0 Å². The Hall–Kier alpha value is 0.170. The summed E-state index contributed by atoms with van der Waals surface area (Å²) in [5.74, 6) is 0. The minimum Gasteiger partial charge on any atom is -0.272 e. The monoisotopic (exact) mass is 254 g/mol. The Bertz CT molecular complexity index is 175. The lowest BCUT2D eigenvalue weighted by atomic mass is 10.5. The SMILES string of the molecule is Br.Cc1cc(Br)nn1C. The molecule has 0 aliphatic heterocycles. The molecule has 0 spiro atoms. The van der Waals surface area contributed by atoms with E-state index in [1.54, 1.807) is 0 Å². The predicted octanol–water partition coefficient (Wildman–Crippen LogP) is 2.07. The topological polar surface area (TPSA) is 17.8 Å². The largest absolute Gasteiger partial charge is 0.272 e. The fourth-order valence-electron chi connectivity index (χ4n) is 0.517. The Morgan fingerprint density at radius 3 is 2.33 bits per heavy atom. The van der Waals surface area contributed by atoms with Gasteiger partial charge in [0.15, 0.2) is 0 Å². The van der Waals surface area contributed by atoms with Crippen LogP contribution in [0.25, 0.3) is 0 Å². The van der Waals surface area contributed by atoms with Gasteiger partial charge in [0.05, 0.1) is 0 Å². The highest BCUT2D eigenvalue weighted by atomic mass is 79.9. The molecular formula is C5H8Br2N2. The predicted molar refractivity (Wildman–Crippen MR) is 46.0 cm³/mol. The van der Waals surface area contributed by atoms with Crippen molar-refractivity contribution in [3.8, 4) is 0 Å². The Morgan fingerprint density at radius 1 is 1.67 bits per heavy atom. The van der Waals surface area contributed by atoms with Crippen molar-refractivity contribution < 1.29 is 0 Å². The van der Waals surface area contributed by atoms with E-state index < -0.39 is 0 Å². The van der Waals surface area contributed by atoms with Gasteiger partial charge in [-0.1, -0.05) is 0 Å². The van der Waals surface area contributed by atoms with Gasteiger partial charge in [-0.15, -0.1) is 17.0 Å². The molecule has 0 aliphatic carbocycles. The maximum Gasteiger partial charge on any atom is 0.128 e. The number of aromatic nitrogens is 2. The molecule has 0 unspecified atom stereocenters. The third-order valence-corrected chi connectivity index (χ3v) is 1.47. The molecule has 4 heteroatoms. The van der Waals surface area contributed by atoms with Gasteiger partial charge in [0.25, 0.3) is 0 Å². The van der Waals surface area contributed by atoms with Crippen LogP contribution in [0.15, 0.2) is 10.7 Å². The number of rotatable bonds is 0. The Kier molecular flexibility index (Phi) is 3.43. The minimum atomic E-state index is 0. The third kappa shape index (κ3) is 2.10. The van der Waals surface area contributed by atoms with Crippen LogP contribution in [0.3, 0.4) is 0 Å². The second-order valence-corrected chi connectivity index (χ2v) is 2.54. The lowest BCUT2D eigenvalue weighted by Gasteiger charge is -1.87. The van der Waals surface area contributed by atoms with E-state index in [0.717, 1.165) is 10.3 Å². The van der Waals surface area contributed by atoms with Crippen molar-refractivity contribution in [3.63, 3.8) is 0 Å².